The van der Waals surface area contributed by atoms with E-state index in [0.29, 0.717) is 29.0 Å². The molecule has 0 bridgehead atoms. The lowest BCUT2D eigenvalue weighted by Crippen LogP contribution is -2.20. The van der Waals surface area contributed by atoms with E-state index in [1.54, 1.807) is 12.1 Å². The fourth-order valence-corrected chi connectivity index (χ4v) is 2.36. The highest BCUT2D eigenvalue weighted by atomic mass is 35.5. The summed E-state index contributed by atoms with van der Waals surface area (Å²) in [6.07, 6.45) is 0. The number of ether oxygens (including phenoxy) is 1. The standard InChI is InChI=1S/C19H19ClN4O/c1-24(2)12-13-25-19-17(14-6-4-3-5-7-14)22-23-18(21-19)15-8-10-16(20)11-9-15/h3-11H,12-13H2,1-2H3. The van der Waals surface area contributed by atoms with Crippen LogP contribution in [-0.2, 0) is 0 Å². The fraction of sp³-hybridized carbons (Fsp3) is 0.211. The molecule has 1 heterocycles. The topological polar surface area (TPSA) is 51.1 Å². The highest BCUT2D eigenvalue weighted by molar-refractivity contribution is 6.30. The number of benzene rings is 2. The maximum atomic E-state index is 5.95. The van der Waals surface area contributed by atoms with Gasteiger partial charge in [-0.1, -0.05) is 41.9 Å². The normalized spacial score (nSPS) is 10.9. The summed E-state index contributed by atoms with van der Waals surface area (Å²) >= 11 is 5.95. The predicted molar refractivity (Wildman–Crippen MR) is 99.8 cm³/mol. The van der Waals surface area contributed by atoms with E-state index in [0.717, 1.165) is 17.7 Å². The van der Waals surface area contributed by atoms with Crippen LogP contribution in [0.5, 0.6) is 5.88 Å². The van der Waals surface area contributed by atoms with Crippen molar-refractivity contribution in [3.63, 3.8) is 0 Å². The molecule has 0 radical (unpaired) electrons. The largest absolute Gasteiger partial charge is 0.475 e. The zero-order valence-electron chi connectivity index (χ0n) is 14.2. The van der Waals surface area contributed by atoms with Gasteiger partial charge in [-0.25, -0.2) is 0 Å². The van der Waals surface area contributed by atoms with Gasteiger partial charge in [0.2, 0.25) is 5.88 Å². The summed E-state index contributed by atoms with van der Waals surface area (Å²) in [4.78, 5) is 6.64. The molecule has 0 atom stereocenters. The molecule has 0 amide bonds. The van der Waals surface area contributed by atoms with Gasteiger partial charge in [0.25, 0.3) is 0 Å². The third-order valence-electron chi connectivity index (χ3n) is 3.58. The average molecular weight is 355 g/mol. The Labute approximate surface area is 152 Å². The number of nitrogens with zero attached hydrogens (tertiary/aromatic N) is 4. The van der Waals surface area contributed by atoms with E-state index < -0.39 is 0 Å². The van der Waals surface area contributed by atoms with Gasteiger partial charge in [-0.15, -0.1) is 10.2 Å². The molecule has 0 aliphatic heterocycles. The minimum Gasteiger partial charge on any atom is -0.475 e. The van der Waals surface area contributed by atoms with Crippen LogP contribution in [-0.4, -0.2) is 47.3 Å². The molecule has 3 rings (SSSR count). The van der Waals surface area contributed by atoms with E-state index in [4.69, 9.17) is 16.3 Å². The van der Waals surface area contributed by atoms with Crippen LogP contribution in [0.25, 0.3) is 22.6 Å². The van der Waals surface area contributed by atoms with Crippen LogP contribution in [0, 0.1) is 0 Å². The van der Waals surface area contributed by atoms with Gasteiger partial charge in [0, 0.05) is 22.7 Å². The Morgan fingerprint density at radius 3 is 2.32 bits per heavy atom. The summed E-state index contributed by atoms with van der Waals surface area (Å²) in [6.45, 7) is 1.31. The highest BCUT2D eigenvalue weighted by Gasteiger charge is 2.14. The van der Waals surface area contributed by atoms with E-state index in [9.17, 15) is 0 Å². The number of halogens is 1. The second-order valence-corrected chi connectivity index (χ2v) is 6.25. The first kappa shape index (κ1) is 17.3. The minimum atomic E-state index is 0.480. The van der Waals surface area contributed by atoms with Crippen LogP contribution in [0.3, 0.4) is 0 Å². The number of rotatable bonds is 6. The molecular weight excluding hydrogens is 336 g/mol. The van der Waals surface area contributed by atoms with Crippen molar-refractivity contribution in [1.82, 2.24) is 20.1 Å². The van der Waals surface area contributed by atoms with E-state index >= 15 is 0 Å². The molecule has 0 saturated carbocycles. The molecule has 25 heavy (non-hydrogen) atoms. The summed E-state index contributed by atoms with van der Waals surface area (Å²) in [7, 11) is 4.00. The molecule has 0 aliphatic rings. The van der Waals surface area contributed by atoms with Gasteiger partial charge in [0.1, 0.15) is 6.61 Å². The average Bonchev–Trinajstić information content (AvgIpc) is 2.63. The van der Waals surface area contributed by atoms with Crippen LogP contribution in [0.2, 0.25) is 5.02 Å². The van der Waals surface area contributed by atoms with Gasteiger partial charge in [0.15, 0.2) is 11.5 Å². The molecule has 0 saturated heterocycles. The van der Waals surface area contributed by atoms with E-state index in [1.165, 1.54) is 0 Å². The van der Waals surface area contributed by atoms with Gasteiger partial charge in [-0.3, -0.25) is 0 Å². The van der Waals surface area contributed by atoms with Gasteiger partial charge >= 0.3 is 0 Å². The van der Waals surface area contributed by atoms with Crippen LogP contribution in [0.1, 0.15) is 0 Å². The SMILES string of the molecule is CN(C)CCOc1nc(-c2ccc(Cl)cc2)nnc1-c1ccccc1. The fourth-order valence-electron chi connectivity index (χ4n) is 2.24. The molecule has 1 aromatic heterocycles. The summed E-state index contributed by atoms with van der Waals surface area (Å²) in [5, 5.41) is 9.29. The molecular formula is C19H19ClN4O. The molecule has 0 spiro atoms. The van der Waals surface area contributed by atoms with Crippen molar-refractivity contribution < 1.29 is 4.74 Å². The number of aromatic nitrogens is 3. The molecule has 0 aliphatic carbocycles. The van der Waals surface area contributed by atoms with E-state index in [2.05, 4.69) is 20.1 Å². The molecule has 0 fully saturated rings. The van der Waals surface area contributed by atoms with Crippen LogP contribution in [0.15, 0.2) is 54.6 Å². The minimum absolute atomic E-state index is 0.480. The molecule has 3 aromatic rings. The Balaban J connectivity index is 1.96. The summed E-state index contributed by atoms with van der Waals surface area (Å²) < 4.78 is 5.91. The lowest BCUT2D eigenvalue weighted by molar-refractivity contribution is 0.253. The van der Waals surface area contributed by atoms with Gasteiger partial charge < -0.3 is 9.64 Å². The number of hydrogen-bond donors (Lipinski definition) is 0. The summed E-state index contributed by atoms with van der Waals surface area (Å²) in [5.41, 5.74) is 2.40. The Kier molecular flexibility index (Phi) is 5.58. The van der Waals surface area contributed by atoms with Crippen molar-refractivity contribution in [2.75, 3.05) is 27.2 Å². The third-order valence-corrected chi connectivity index (χ3v) is 3.83. The zero-order valence-corrected chi connectivity index (χ0v) is 14.9. The van der Waals surface area contributed by atoms with Crippen molar-refractivity contribution in [3.05, 3.63) is 59.6 Å². The van der Waals surface area contributed by atoms with E-state index in [-0.39, 0.29) is 0 Å². The van der Waals surface area contributed by atoms with Crippen molar-refractivity contribution in [3.8, 4) is 28.5 Å². The van der Waals surface area contributed by atoms with Crippen LogP contribution in [0.4, 0.5) is 0 Å². The Bertz CT molecular complexity index is 823. The van der Waals surface area contributed by atoms with Crippen molar-refractivity contribution in [2.45, 2.75) is 0 Å². The molecule has 128 valence electrons. The molecule has 6 heteroatoms. The lowest BCUT2D eigenvalue weighted by Gasteiger charge is -2.13. The van der Waals surface area contributed by atoms with Crippen LogP contribution < -0.4 is 4.74 Å². The van der Waals surface area contributed by atoms with Crippen molar-refractivity contribution >= 4 is 11.6 Å². The second kappa shape index (κ2) is 8.05. The molecule has 0 unspecified atom stereocenters. The van der Waals surface area contributed by atoms with E-state index in [1.807, 2.05) is 56.6 Å². The summed E-state index contributed by atoms with van der Waals surface area (Å²) in [6, 6.07) is 17.1. The van der Waals surface area contributed by atoms with Gasteiger partial charge in [-0.05, 0) is 38.4 Å². The van der Waals surface area contributed by atoms with Gasteiger partial charge in [0.05, 0.1) is 0 Å². The predicted octanol–water partition coefficient (Wildman–Crippen LogP) is 3.80. The Morgan fingerprint density at radius 1 is 0.920 bits per heavy atom. The monoisotopic (exact) mass is 354 g/mol. The molecule has 2 aromatic carbocycles. The Hall–Kier alpha value is -2.50. The van der Waals surface area contributed by atoms with Gasteiger partial charge in [-0.2, -0.15) is 4.98 Å². The quantitative estimate of drug-likeness (QED) is 0.674. The third kappa shape index (κ3) is 4.53. The number of likely N-dealkylation sites (N-methyl/N-ethyl adjacent to an activating group) is 1. The first-order valence-corrected chi connectivity index (χ1v) is 8.35. The highest BCUT2D eigenvalue weighted by Crippen LogP contribution is 2.27. The van der Waals surface area contributed by atoms with Crippen molar-refractivity contribution in [1.29, 1.82) is 0 Å². The smallest absolute Gasteiger partial charge is 0.244 e. The van der Waals surface area contributed by atoms with Crippen molar-refractivity contribution in [2.24, 2.45) is 0 Å². The van der Waals surface area contributed by atoms with Crippen LogP contribution >= 0.6 is 11.6 Å². The second-order valence-electron chi connectivity index (χ2n) is 5.81. The Morgan fingerprint density at radius 2 is 1.64 bits per heavy atom. The number of hydrogen-bond acceptors (Lipinski definition) is 5. The zero-order chi connectivity index (χ0) is 17.6. The maximum absolute atomic E-state index is 5.95. The lowest BCUT2D eigenvalue weighted by atomic mass is 10.1. The first-order valence-electron chi connectivity index (χ1n) is 7.97. The first-order chi connectivity index (χ1) is 12.1. The maximum Gasteiger partial charge on any atom is 0.244 e. The summed E-state index contributed by atoms with van der Waals surface area (Å²) in [5.74, 6) is 0.990. The molecule has 0 N–H and O–H groups in total. The molecule has 5 nitrogen and oxygen atoms in total.